The van der Waals surface area contributed by atoms with E-state index in [2.05, 4.69) is 36.5 Å². The second kappa shape index (κ2) is 7.83. The Morgan fingerprint density at radius 2 is 1.55 bits per heavy atom. The van der Waals surface area contributed by atoms with Gasteiger partial charge in [0.05, 0.1) is 6.10 Å². The Labute approximate surface area is 121 Å². The number of aliphatic hydroxyl groups excluding tert-OH is 1. The average Bonchev–Trinajstić information content (AvgIpc) is 2.52. The van der Waals surface area contributed by atoms with Crippen molar-refractivity contribution in [1.82, 2.24) is 5.32 Å². The molecule has 0 aliphatic carbocycles. The van der Waals surface area contributed by atoms with E-state index in [4.69, 9.17) is 0 Å². The van der Waals surface area contributed by atoms with E-state index in [-0.39, 0.29) is 12.0 Å². The summed E-state index contributed by atoms with van der Waals surface area (Å²) in [6.07, 6.45) is 0.481. The van der Waals surface area contributed by atoms with Gasteiger partial charge in [-0.15, -0.1) is 0 Å². The average molecular weight is 269 g/mol. The minimum absolute atomic E-state index is 0.123. The Morgan fingerprint density at radius 3 is 2.15 bits per heavy atom. The summed E-state index contributed by atoms with van der Waals surface area (Å²) in [6, 6.07) is 20.6. The van der Waals surface area contributed by atoms with Crippen LogP contribution < -0.4 is 5.32 Å². The van der Waals surface area contributed by atoms with Crippen LogP contribution in [0.1, 0.15) is 24.0 Å². The first-order valence-corrected chi connectivity index (χ1v) is 7.29. The van der Waals surface area contributed by atoms with E-state index in [1.165, 1.54) is 11.1 Å². The van der Waals surface area contributed by atoms with Crippen LogP contribution in [-0.2, 0) is 6.42 Å². The van der Waals surface area contributed by atoms with Crippen molar-refractivity contribution >= 4 is 0 Å². The van der Waals surface area contributed by atoms with Crippen LogP contribution >= 0.6 is 0 Å². The molecule has 1 unspecified atom stereocenters. The van der Waals surface area contributed by atoms with Gasteiger partial charge < -0.3 is 10.4 Å². The molecule has 106 valence electrons. The molecular formula is C18H23NO. The van der Waals surface area contributed by atoms with Crippen LogP contribution in [0.25, 0.3) is 0 Å². The third-order valence-corrected chi connectivity index (χ3v) is 3.59. The molecule has 2 rings (SSSR count). The largest absolute Gasteiger partial charge is 0.391 e. The predicted octanol–water partition coefficient (Wildman–Crippen LogP) is 2.98. The summed E-state index contributed by atoms with van der Waals surface area (Å²) in [5, 5.41) is 13.7. The molecule has 0 saturated carbocycles. The molecule has 0 aromatic heterocycles. The summed E-state index contributed by atoms with van der Waals surface area (Å²) in [7, 11) is 0. The fourth-order valence-corrected chi connectivity index (χ4v) is 2.48. The van der Waals surface area contributed by atoms with Gasteiger partial charge in [0, 0.05) is 12.5 Å². The second-order valence-electron chi connectivity index (χ2n) is 5.08. The molecule has 0 spiro atoms. The third-order valence-electron chi connectivity index (χ3n) is 3.59. The third kappa shape index (κ3) is 4.19. The van der Waals surface area contributed by atoms with Gasteiger partial charge in [-0.2, -0.15) is 0 Å². The highest BCUT2D eigenvalue weighted by molar-refractivity contribution is 5.25. The molecule has 2 N–H and O–H groups in total. The summed E-state index contributed by atoms with van der Waals surface area (Å²) >= 11 is 0. The van der Waals surface area contributed by atoms with E-state index < -0.39 is 0 Å². The van der Waals surface area contributed by atoms with Gasteiger partial charge in [0.25, 0.3) is 0 Å². The van der Waals surface area contributed by atoms with Gasteiger partial charge in [0.15, 0.2) is 0 Å². The molecule has 2 aromatic rings. The van der Waals surface area contributed by atoms with Crippen molar-refractivity contribution in [2.24, 2.45) is 0 Å². The van der Waals surface area contributed by atoms with Crippen molar-refractivity contribution < 1.29 is 5.11 Å². The van der Waals surface area contributed by atoms with E-state index >= 15 is 0 Å². The number of hydrogen-bond donors (Lipinski definition) is 2. The molecule has 2 atom stereocenters. The van der Waals surface area contributed by atoms with Crippen LogP contribution in [0.5, 0.6) is 0 Å². The molecule has 0 aliphatic rings. The number of likely N-dealkylation sites (N-methyl/N-ethyl adjacent to an activating group) is 1. The summed E-state index contributed by atoms with van der Waals surface area (Å²) in [6.45, 7) is 3.56. The van der Waals surface area contributed by atoms with Crippen molar-refractivity contribution in [3.8, 4) is 0 Å². The molecular weight excluding hydrogens is 246 g/mol. The molecule has 2 aromatic carbocycles. The highest BCUT2D eigenvalue weighted by Crippen LogP contribution is 2.24. The second-order valence-corrected chi connectivity index (χ2v) is 5.08. The lowest BCUT2D eigenvalue weighted by Gasteiger charge is -2.24. The number of hydrogen-bond acceptors (Lipinski definition) is 2. The summed E-state index contributed by atoms with van der Waals surface area (Å²) in [5.41, 5.74) is 2.46. The lowest BCUT2D eigenvalue weighted by molar-refractivity contribution is 0.140. The van der Waals surface area contributed by atoms with Crippen LogP contribution in [0.2, 0.25) is 0 Å². The van der Waals surface area contributed by atoms with Crippen molar-refractivity contribution in [3.05, 3.63) is 71.8 Å². The lowest BCUT2D eigenvalue weighted by Crippen LogP contribution is -2.32. The van der Waals surface area contributed by atoms with Gasteiger partial charge in [-0.25, -0.2) is 0 Å². The quantitative estimate of drug-likeness (QED) is 0.810. The Balaban J connectivity index is 2.16. The van der Waals surface area contributed by atoms with Crippen molar-refractivity contribution in [2.45, 2.75) is 25.4 Å². The number of aliphatic hydroxyl groups is 1. The zero-order chi connectivity index (χ0) is 14.2. The zero-order valence-electron chi connectivity index (χ0n) is 12.0. The standard InChI is InChI=1S/C18H23NO/c1-2-19-14-18(20)17(16-11-7-4-8-12-16)13-15-9-5-3-6-10-15/h3-12,17-20H,2,13-14H2,1H3/t17?,18-/m0/s1. The molecule has 20 heavy (non-hydrogen) atoms. The van der Waals surface area contributed by atoms with E-state index in [0.717, 1.165) is 13.0 Å². The van der Waals surface area contributed by atoms with Gasteiger partial charge in [0.1, 0.15) is 0 Å². The van der Waals surface area contributed by atoms with Crippen LogP contribution in [0.15, 0.2) is 60.7 Å². The Kier molecular flexibility index (Phi) is 5.78. The van der Waals surface area contributed by atoms with Gasteiger partial charge >= 0.3 is 0 Å². The molecule has 2 nitrogen and oxygen atoms in total. The maximum Gasteiger partial charge on any atom is 0.0736 e. The maximum atomic E-state index is 10.5. The van der Waals surface area contributed by atoms with Gasteiger partial charge in [0.2, 0.25) is 0 Å². The van der Waals surface area contributed by atoms with E-state index in [9.17, 15) is 5.11 Å². The SMILES string of the molecule is CCNC[C@H](O)C(Cc1ccccc1)c1ccccc1. The summed E-state index contributed by atoms with van der Waals surface area (Å²) in [5.74, 6) is 0.123. The molecule has 0 amide bonds. The highest BCUT2D eigenvalue weighted by atomic mass is 16.3. The Morgan fingerprint density at radius 1 is 0.950 bits per heavy atom. The summed E-state index contributed by atoms with van der Waals surface area (Å²) < 4.78 is 0. The van der Waals surface area contributed by atoms with Crippen LogP contribution in [0, 0.1) is 0 Å². The molecule has 2 heteroatoms. The van der Waals surface area contributed by atoms with Gasteiger partial charge in [-0.1, -0.05) is 67.6 Å². The van der Waals surface area contributed by atoms with Crippen LogP contribution in [0.3, 0.4) is 0 Å². The fraction of sp³-hybridized carbons (Fsp3) is 0.333. The predicted molar refractivity (Wildman–Crippen MR) is 83.9 cm³/mol. The molecule has 0 aliphatic heterocycles. The number of rotatable bonds is 7. The first-order valence-electron chi connectivity index (χ1n) is 7.29. The van der Waals surface area contributed by atoms with Crippen molar-refractivity contribution in [2.75, 3.05) is 13.1 Å². The van der Waals surface area contributed by atoms with Crippen LogP contribution in [0.4, 0.5) is 0 Å². The van der Waals surface area contributed by atoms with Gasteiger partial charge in [-0.05, 0) is 24.1 Å². The van der Waals surface area contributed by atoms with Crippen molar-refractivity contribution in [1.29, 1.82) is 0 Å². The lowest BCUT2D eigenvalue weighted by atomic mass is 9.87. The normalized spacial score (nSPS) is 13.9. The fourth-order valence-electron chi connectivity index (χ4n) is 2.48. The number of nitrogens with one attached hydrogen (secondary N) is 1. The number of benzene rings is 2. The highest BCUT2D eigenvalue weighted by Gasteiger charge is 2.21. The van der Waals surface area contributed by atoms with Crippen LogP contribution in [-0.4, -0.2) is 24.3 Å². The first kappa shape index (κ1) is 14.8. The molecule has 0 radical (unpaired) electrons. The zero-order valence-corrected chi connectivity index (χ0v) is 12.0. The van der Waals surface area contributed by atoms with E-state index in [0.29, 0.717) is 6.54 Å². The molecule has 0 saturated heterocycles. The Hall–Kier alpha value is -1.64. The Bertz CT molecular complexity index is 483. The maximum absolute atomic E-state index is 10.5. The summed E-state index contributed by atoms with van der Waals surface area (Å²) in [4.78, 5) is 0. The van der Waals surface area contributed by atoms with Gasteiger partial charge in [-0.3, -0.25) is 0 Å². The topological polar surface area (TPSA) is 32.3 Å². The monoisotopic (exact) mass is 269 g/mol. The van der Waals surface area contributed by atoms with E-state index in [1.807, 2.05) is 36.4 Å². The minimum atomic E-state index is -0.377. The smallest absolute Gasteiger partial charge is 0.0736 e. The molecule has 0 bridgehead atoms. The molecule has 0 heterocycles. The first-order chi connectivity index (χ1) is 9.81. The minimum Gasteiger partial charge on any atom is -0.391 e. The molecule has 0 fully saturated rings. The van der Waals surface area contributed by atoms with Crippen molar-refractivity contribution in [3.63, 3.8) is 0 Å². The van der Waals surface area contributed by atoms with E-state index in [1.54, 1.807) is 0 Å².